The number of carbonyl (C=O) groups excluding carboxylic acids is 1. The number of benzene rings is 3. The summed E-state index contributed by atoms with van der Waals surface area (Å²) in [6.07, 6.45) is 5.29. The molecule has 33 heavy (non-hydrogen) atoms. The Kier molecular flexibility index (Phi) is 5.67. The zero-order valence-corrected chi connectivity index (χ0v) is 19.5. The van der Waals surface area contributed by atoms with Crippen molar-refractivity contribution in [1.29, 1.82) is 0 Å². The molecule has 0 bridgehead atoms. The second-order valence-electron chi connectivity index (χ2n) is 9.26. The van der Waals surface area contributed by atoms with Gasteiger partial charge >= 0.3 is 5.97 Å². The number of aromatic nitrogens is 1. The maximum Gasteiger partial charge on any atom is 0.338 e. The Balaban J connectivity index is 1.38. The van der Waals surface area contributed by atoms with E-state index in [1.165, 1.54) is 53.2 Å². The van der Waals surface area contributed by atoms with Gasteiger partial charge in [0.05, 0.1) is 12.7 Å². The van der Waals surface area contributed by atoms with E-state index in [0.29, 0.717) is 17.9 Å². The van der Waals surface area contributed by atoms with Gasteiger partial charge in [0.2, 0.25) is 0 Å². The van der Waals surface area contributed by atoms with Crippen LogP contribution in [-0.4, -0.2) is 31.7 Å². The summed E-state index contributed by atoms with van der Waals surface area (Å²) in [5.74, 6) is 0.359. The van der Waals surface area contributed by atoms with E-state index >= 15 is 0 Å². The molecule has 1 aliphatic carbocycles. The van der Waals surface area contributed by atoms with E-state index < -0.39 is 0 Å². The first-order chi connectivity index (χ1) is 16.0. The Bertz CT molecular complexity index is 1300. The lowest BCUT2D eigenvalue weighted by Gasteiger charge is -2.13. The van der Waals surface area contributed by atoms with Crippen LogP contribution >= 0.6 is 0 Å². The quantitative estimate of drug-likeness (QED) is 0.331. The van der Waals surface area contributed by atoms with E-state index in [1.807, 2.05) is 6.07 Å². The summed E-state index contributed by atoms with van der Waals surface area (Å²) in [5, 5.41) is 1.21. The van der Waals surface area contributed by atoms with Crippen LogP contribution in [0.4, 0.5) is 5.69 Å². The van der Waals surface area contributed by atoms with Crippen molar-refractivity contribution in [2.75, 3.05) is 26.1 Å². The fourth-order valence-corrected chi connectivity index (χ4v) is 4.53. The first kappa shape index (κ1) is 21.3. The molecule has 3 aromatic carbocycles. The number of ether oxygens (including phenoxy) is 1. The molecule has 1 heterocycles. The van der Waals surface area contributed by atoms with Crippen molar-refractivity contribution in [3.05, 3.63) is 101 Å². The first-order valence-corrected chi connectivity index (χ1v) is 11.6. The molecule has 5 rings (SSSR count). The zero-order valence-electron chi connectivity index (χ0n) is 19.5. The number of nitrogens with zero attached hydrogens (tertiary/aromatic N) is 2. The van der Waals surface area contributed by atoms with E-state index in [2.05, 4.69) is 90.4 Å². The highest BCUT2D eigenvalue weighted by atomic mass is 16.5. The van der Waals surface area contributed by atoms with Gasteiger partial charge in [0.15, 0.2) is 0 Å². The van der Waals surface area contributed by atoms with Gasteiger partial charge in [0.1, 0.15) is 0 Å². The summed E-state index contributed by atoms with van der Waals surface area (Å²) >= 11 is 0. The monoisotopic (exact) mass is 438 g/mol. The van der Waals surface area contributed by atoms with Crippen LogP contribution in [0, 0.1) is 0 Å². The molecule has 0 N–H and O–H groups in total. The number of anilines is 1. The van der Waals surface area contributed by atoms with Crippen LogP contribution < -0.4 is 4.90 Å². The van der Waals surface area contributed by atoms with Crippen molar-refractivity contribution in [1.82, 2.24) is 4.57 Å². The minimum atomic E-state index is -0.250. The molecule has 1 aliphatic rings. The summed E-state index contributed by atoms with van der Waals surface area (Å²) in [7, 11) is 5.57. The molecule has 168 valence electrons. The minimum Gasteiger partial charge on any atom is -0.465 e. The smallest absolute Gasteiger partial charge is 0.338 e. The number of carbonyl (C=O) groups is 1. The van der Waals surface area contributed by atoms with Crippen LogP contribution in [0.5, 0.6) is 0 Å². The van der Waals surface area contributed by atoms with Gasteiger partial charge in [-0.25, -0.2) is 4.79 Å². The van der Waals surface area contributed by atoms with E-state index in [0.717, 1.165) is 12.1 Å². The summed E-state index contributed by atoms with van der Waals surface area (Å²) < 4.78 is 7.36. The van der Waals surface area contributed by atoms with Crippen molar-refractivity contribution in [3.8, 4) is 0 Å². The van der Waals surface area contributed by atoms with Gasteiger partial charge in [-0.15, -0.1) is 0 Å². The first-order valence-electron chi connectivity index (χ1n) is 11.6. The third-order valence-corrected chi connectivity index (χ3v) is 6.62. The number of fused-ring (bicyclic) bond motifs is 1. The number of rotatable bonds is 7. The normalized spacial score (nSPS) is 13.3. The predicted octanol–water partition coefficient (Wildman–Crippen LogP) is 6.01. The Labute approximate surface area is 195 Å². The zero-order chi connectivity index (χ0) is 22.9. The van der Waals surface area contributed by atoms with Crippen molar-refractivity contribution < 1.29 is 9.53 Å². The highest BCUT2D eigenvalue weighted by molar-refractivity contribution is 5.91. The maximum absolute atomic E-state index is 12.4. The van der Waals surface area contributed by atoms with Crippen molar-refractivity contribution in [2.24, 2.45) is 0 Å². The molecular weight excluding hydrogens is 408 g/mol. The van der Waals surface area contributed by atoms with E-state index in [-0.39, 0.29) is 5.97 Å². The molecule has 0 atom stereocenters. The van der Waals surface area contributed by atoms with Crippen LogP contribution in [-0.2, 0) is 17.7 Å². The average molecular weight is 439 g/mol. The van der Waals surface area contributed by atoms with Gasteiger partial charge in [-0.2, -0.15) is 0 Å². The van der Waals surface area contributed by atoms with Crippen LogP contribution in [0.3, 0.4) is 0 Å². The fraction of sp³-hybridized carbons (Fsp3) is 0.276. The lowest BCUT2D eigenvalue weighted by atomic mass is 9.96. The third kappa shape index (κ3) is 4.51. The maximum atomic E-state index is 12.4. The molecule has 0 saturated heterocycles. The van der Waals surface area contributed by atoms with Crippen molar-refractivity contribution in [2.45, 2.75) is 31.7 Å². The minimum absolute atomic E-state index is 0.250. The number of esters is 1. The molecule has 0 amide bonds. The van der Waals surface area contributed by atoms with Crippen molar-refractivity contribution >= 4 is 22.6 Å². The number of hydrogen-bond acceptors (Lipinski definition) is 3. The van der Waals surface area contributed by atoms with Crippen LogP contribution in [0.1, 0.15) is 51.4 Å². The SMILES string of the molecule is COC(=O)c1cc(C2CC2)ccc1Cc1ccc2c(ccn2Cc2ccc(N(C)C)cc2)c1. The van der Waals surface area contributed by atoms with E-state index in [9.17, 15) is 4.79 Å². The van der Waals surface area contributed by atoms with E-state index in [1.54, 1.807) is 0 Å². The second-order valence-corrected chi connectivity index (χ2v) is 9.26. The molecule has 4 aromatic rings. The van der Waals surface area contributed by atoms with Crippen molar-refractivity contribution in [3.63, 3.8) is 0 Å². The molecule has 0 aliphatic heterocycles. The second kappa shape index (κ2) is 8.78. The summed E-state index contributed by atoms with van der Waals surface area (Å²) in [6.45, 7) is 0.839. The molecule has 1 saturated carbocycles. The molecular formula is C29H30N2O2. The molecule has 4 heteroatoms. The van der Waals surface area contributed by atoms with Gasteiger partial charge in [-0.3, -0.25) is 0 Å². The van der Waals surface area contributed by atoms with Crippen LogP contribution in [0.25, 0.3) is 10.9 Å². The Hall–Kier alpha value is -3.53. The topological polar surface area (TPSA) is 34.5 Å². The molecule has 0 spiro atoms. The Morgan fingerprint density at radius 1 is 0.970 bits per heavy atom. The predicted molar refractivity (Wildman–Crippen MR) is 134 cm³/mol. The van der Waals surface area contributed by atoms with Crippen LogP contribution in [0.15, 0.2) is 72.9 Å². The summed E-state index contributed by atoms with van der Waals surface area (Å²) in [6, 6.07) is 23.8. The largest absolute Gasteiger partial charge is 0.465 e. The molecule has 0 radical (unpaired) electrons. The molecule has 1 aromatic heterocycles. The van der Waals surface area contributed by atoms with Gasteiger partial charge < -0.3 is 14.2 Å². The Morgan fingerprint density at radius 2 is 1.73 bits per heavy atom. The van der Waals surface area contributed by atoms with Gasteiger partial charge in [-0.05, 0) is 89.2 Å². The summed E-state index contributed by atoms with van der Waals surface area (Å²) in [4.78, 5) is 14.6. The molecule has 0 unspecified atom stereocenters. The van der Waals surface area contributed by atoms with Crippen LogP contribution in [0.2, 0.25) is 0 Å². The fourth-order valence-electron chi connectivity index (χ4n) is 4.53. The van der Waals surface area contributed by atoms with E-state index in [4.69, 9.17) is 4.74 Å². The van der Waals surface area contributed by atoms with Gasteiger partial charge in [0, 0.05) is 38.0 Å². The summed E-state index contributed by atoms with van der Waals surface area (Å²) in [5.41, 5.74) is 7.86. The molecule has 1 fully saturated rings. The highest BCUT2D eigenvalue weighted by Crippen LogP contribution is 2.40. The lowest BCUT2D eigenvalue weighted by Crippen LogP contribution is -2.08. The third-order valence-electron chi connectivity index (χ3n) is 6.62. The van der Waals surface area contributed by atoms with Gasteiger partial charge in [0.25, 0.3) is 0 Å². The average Bonchev–Trinajstić information content (AvgIpc) is 3.61. The highest BCUT2D eigenvalue weighted by Gasteiger charge is 2.25. The number of methoxy groups -OCH3 is 1. The Morgan fingerprint density at radius 3 is 2.42 bits per heavy atom. The number of hydrogen-bond donors (Lipinski definition) is 0. The molecule has 4 nitrogen and oxygen atoms in total. The van der Waals surface area contributed by atoms with Gasteiger partial charge in [-0.1, -0.05) is 30.3 Å². The standard InChI is InChI=1S/C29H30N2O2/c1-30(2)26-11-4-20(5-12-26)19-31-15-14-25-17-21(6-13-28(25)31)16-24-10-9-23(22-7-8-22)18-27(24)29(32)33-3/h4-6,9-15,17-18,22H,7-8,16,19H2,1-3H3. The lowest BCUT2D eigenvalue weighted by molar-refractivity contribution is 0.0599.